The van der Waals surface area contributed by atoms with Crippen molar-refractivity contribution >= 4 is 11.6 Å². The fourth-order valence-electron chi connectivity index (χ4n) is 4.02. The first-order valence-electron chi connectivity index (χ1n) is 8.63. The largest absolute Gasteiger partial charge is 0.573 e. The summed E-state index contributed by atoms with van der Waals surface area (Å²) in [6, 6.07) is 9.00. The van der Waals surface area contributed by atoms with Crippen molar-refractivity contribution in [2.75, 3.05) is 5.32 Å². The van der Waals surface area contributed by atoms with Crippen LogP contribution in [-0.2, 0) is 9.53 Å². The lowest BCUT2D eigenvalue weighted by molar-refractivity contribution is -0.274. The Balaban J connectivity index is 1.53. The summed E-state index contributed by atoms with van der Waals surface area (Å²) < 4.78 is 47.0. The number of hydrogen-bond donors (Lipinski definition) is 1. The summed E-state index contributed by atoms with van der Waals surface area (Å²) in [6.07, 6.45) is 0.0179. The molecule has 1 amide bonds. The maximum absolute atomic E-state index is 12.9. The third kappa shape index (κ3) is 3.75. The van der Waals surface area contributed by atoms with Gasteiger partial charge in [-0.3, -0.25) is 9.78 Å². The van der Waals surface area contributed by atoms with Gasteiger partial charge in [-0.25, -0.2) is 0 Å². The monoisotopic (exact) mass is 378 g/mol. The van der Waals surface area contributed by atoms with E-state index in [1.54, 1.807) is 12.4 Å². The SMILES string of the molecule is O=C(Nc1cccc(OC(F)(F)F)c1)[C@H]1[C@H](c2ccncc2)[C@@H]2CC[C@H]1O2. The molecule has 2 bridgehead atoms. The van der Waals surface area contributed by atoms with Crippen molar-refractivity contribution in [1.29, 1.82) is 0 Å². The lowest BCUT2D eigenvalue weighted by Crippen LogP contribution is -2.36. The Bertz CT molecular complexity index is 828. The van der Waals surface area contributed by atoms with Gasteiger partial charge in [0, 0.05) is 30.1 Å². The first-order valence-corrected chi connectivity index (χ1v) is 8.63. The summed E-state index contributed by atoms with van der Waals surface area (Å²) in [5, 5.41) is 2.71. The third-order valence-corrected chi connectivity index (χ3v) is 5.00. The van der Waals surface area contributed by atoms with Gasteiger partial charge in [0.05, 0.1) is 18.1 Å². The number of carbonyl (C=O) groups excluding carboxylic acids is 1. The average molecular weight is 378 g/mol. The molecule has 0 saturated carbocycles. The number of benzene rings is 1. The number of aromatic nitrogens is 1. The molecule has 3 heterocycles. The van der Waals surface area contributed by atoms with Crippen molar-refractivity contribution < 1.29 is 27.4 Å². The number of halogens is 3. The van der Waals surface area contributed by atoms with Gasteiger partial charge in [-0.2, -0.15) is 0 Å². The molecule has 142 valence electrons. The molecule has 1 aromatic heterocycles. The number of rotatable bonds is 4. The highest BCUT2D eigenvalue weighted by Crippen LogP contribution is 2.49. The van der Waals surface area contributed by atoms with E-state index in [-0.39, 0.29) is 35.5 Å². The number of ether oxygens (including phenoxy) is 2. The predicted molar refractivity (Wildman–Crippen MR) is 90.1 cm³/mol. The van der Waals surface area contributed by atoms with Gasteiger partial charge in [0.15, 0.2) is 0 Å². The Hall–Kier alpha value is -2.61. The Morgan fingerprint density at radius 1 is 1.15 bits per heavy atom. The molecule has 1 aromatic carbocycles. The summed E-state index contributed by atoms with van der Waals surface area (Å²) in [7, 11) is 0. The summed E-state index contributed by atoms with van der Waals surface area (Å²) in [6.45, 7) is 0. The second kappa shape index (κ2) is 6.84. The van der Waals surface area contributed by atoms with Gasteiger partial charge in [-0.1, -0.05) is 6.07 Å². The number of anilines is 1. The summed E-state index contributed by atoms with van der Waals surface area (Å²) in [5.74, 6) is -1.15. The zero-order chi connectivity index (χ0) is 19.0. The maximum Gasteiger partial charge on any atom is 0.573 e. The molecule has 4 rings (SSSR count). The Morgan fingerprint density at radius 2 is 1.89 bits per heavy atom. The Morgan fingerprint density at radius 3 is 2.63 bits per heavy atom. The van der Waals surface area contributed by atoms with E-state index in [4.69, 9.17) is 4.74 Å². The number of fused-ring (bicyclic) bond motifs is 2. The molecule has 2 saturated heterocycles. The van der Waals surface area contributed by atoms with Crippen LogP contribution in [0.4, 0.5) is 18.9 Å². The fraction of sp³-hybridized carbons (Fsp3) is 0.368. The van der Waals surface area contributed by atoms with Gasteiger partial charge in [-0.05, 0) is 42.7 Å². The minimum atomic E-state index is -4.78. The zero-order valence-electron chi connectivity index (χ0n) is 14.1. The molecule has 0 unspecified atom stereocenters. The van der Waals surface area contributed by atoms with E-state index in [1.165, 1.54) is 18.2 Å². The van der Waals surface area contributed by atoms with Gasteiger partial charge in [0.2, 0.25) is 5.91 Å². The highest BCUT2D eigenvalue weighted by atomic mass is 19.4. The van der Waals surface area contributed by atoms with Crippen LogP contribution in [0.25, 0.3) is 0 Å². The van der Waals surface area contributed by atoms with Crippen LogP contribution in [0.1, 0.15) is 24.3 Å². The highest BCUT2D eigenvalue weighted by molar-refractivity contribution is 5.94. The van der Waals surface area contributed by atoms with Crippen LogP contribution < -0.4 is 10.1 Å². The van der Waals surface area contributed by atoms with E-state index < -0.39 is 12.3 Å². The molecule has 27 heavy (non-hydrogen) atoms. The number of alkyl halides is 3. The summed E-state index contributed by atoms with van der Waals surface area (Å²) in [4.78, 5) is 16.9. The first-order chi connectivity index (χ1) is 12.9. The molecule has 0 radical (unpaired) electrons. The molecule has 0 spiro atoms. The number of pyridine rings is 1. The van der Waals surface area contributed by atoms with Crippen LogP contribution in [0.2, 0.25) is 0 Å². The molecule has 1 N–H and O–H groups in total. The molecule has 0 aliphatic carbocycles. The second-order valence-corrected chi connectivity index (χ2v) is 6.69. The first kappa shape index (κ1) is 17.8. The molecule has 5 nitrogen and oxygen atoms in total. The average Bonchev–Trinajstić information content (AvgIpc) is 3.22. The third-order valence-electron chi connectivity index (χ3n) is 5.00. The van der Waals surface area contributed by atoms with Crippen molar-refractivity contribution in [3.8, 4) is 5.75 Å². The number of hydrogen-bond acceptors (Lipinski definition) is 4. The van der Waals surface area contributed by atoms with E-state index in [0.717, 1.165) is 24.5 Å². The smallest absolute Gasteiger partial charge is 0.406 e. The Labute approximate surface area is 153 Å². The second-order valence-electron chi connectivity index (χ2n) is 6.69. The van der Waals surface area contributed by atoms with Gasteiger partial charge in [0.25, 0.3) is 0 Å². The van der Waals surface area contributed by atoms with Crippen LogP contribution in [0.3, 0.4) is 0 Å². The van der Waals surface area contributed by atoms with Gasteiger partial charge >= 0.3 is 6.36 Å². The summed E-state index contributed by atoms with van der Waals surface area (Å²) >= 11 is 0. The van der Waals surface area contributed by atoms with E-state index >= 15 is 0 Å². The molecule has 4 atom stereocenters. The van der Waals surface area contributed by atoms with Crippen molar-refractivity contribution in [1.82, 2.24) is 4.98 Å². The molecule has 2 aliphatic heterocycles. The topological polar surface area (TPSA) is 60.5 Å². The zero-order valence-corrected chi connectivity index (χ0v) is 14.1. The lowest BCUT2D eigenvalue weighted by atomic mass is 9.75. The van der Waals surface area contributed by atoms with Crippen molar-refractivity contribution in [2.45, 2.75) is 37.3 Å². The van der Waals surface area contributed by atoms with Crippen molar-refractivity contribution in [3.63, 3.8) is 0 Å². The van der Waals surface area contributed by atoms with Crippen molar-refractivity contribution in [2.24, 2.45) is 5.92 Å². The van der Waals surface area contributed by atoms with Crippen LogP contribution >= 0.6 is 0 Å². The number of amides is 1. The van der Waals surface area contributed by atoms with E-state index in [9.17, 15) is 18.0 Å². The normalized spacial score (nSPS) is 26.8. The minimum Gasteiger partial charge on any atom is -0.406 e. The minimum absolute atomic E-state index is 0.0342. The van der Waals surface area contributed by atoms with E-state index in [0.29, 0.717) is 0 Å². The molecule has 2 aromatic rings. The molecular weight excluding hydrogens is 361 g/mol. The Kier molecular flexibility index (Phi) is 4.51. The van der Waals surface area contributed by atoms with Crippen LogP contribution in [0.5, 0.6) is 5.75 Å². The van der Waals surface area contributed by atoms with E-state index in [1.807, 2.05) is 12.1 Å². The standard InChI is InChI=1S/C19H17F3N2O3/c20-19(21,22)27-13-3-1-2-12(10-13)24-18(25)17-15-5-4-14(26-15)16(17)11-6-8-23-9-7-11/h1-3,6-10,14-17H,4-5H2,(H,24,25)/t14-,15+,16+,17+/m0/s1. The van der Waals surface area contributed by atoms with Gasteiger partial charge in [0.1, 0.15) is 5.75 Å². The number of nitrogens with zero attached hydrogens (tertiary/aromatic N) is 1. The maximum atomic E-state index is 12.9. The van der Waals surface area contributed by atoms with Gasteiger partial charge in [-0.15, -0.1) is 13.2 Å². The molecule has 2 aliphatic rings. The molecule has 8 heteroatoms. The van der Waals surface area contributed by atoms with Crippen molar-refractivity contribution in [3.05, 3.63) is 54.4 Å². The molecular formula is C19H17F3N2O3. The number of carbonyl (C=O) groups is 1. The predicted octanol–water partition coefficient (Wildman–Crippen LogP) is 3.88. The lowest BCUT2D eigenvalue weighted by Gasteiger charge is -2.27. The van der Waals surface area contributed by atoms with Crippen LogP contribution in [0, 0.1) is 5.92 Å². The van der Waals surface area contributed by atoms with Gasteiger partial charge < -0.3 is 14.8 Å². The fourth-order valence-corrected chi connectivity index (χ4v) is 4.02. The van der Waals surface area contributed by atoms with Crippen LogP contribution in [-0.4, -0.2) is 29.5 Å². The van der Waals surface area contributed by atoms with Crippen LogP contribution in [0.15, 0.2) is 48.8 Å². The van der Waals surface area contributed by atoms with E-state index in [2.05, 4.69) is 15.0 Å². The highest BCUT2D eigenvalue weighted by Gasteiger charge is 2.52. The number of nitrogens with one attached hydrogen (secondary N) is 1. The molecule has 2 fully saturated rings. The quantitative estimate of drug-likeness (QED) is 0.877. The summed E-state index contributed by atoms with van der Waals surface area (Å²) in [5.41, 5.74) is 1.23.